The van der Waals surface area contributed by atoms with Gasteiger partial charge in [-0.05, 0) is 110 Å². The Bertz CT molecular complexity index is 2550. The molecule has 6 aromatic carbocycles. The number of hydrogen-bond donors (Lipinski definition) is 0. The zero-order valence-corrected chi connectivity index (χ0v) is 27.6. The zero-order chi connectivity index (χ0) is 35.3. The second kappa shape index (κ2) is 11.0. The summed E-state index contributed by atoms with van der Waals surface area (Å²) in [7, 11) is 0. The molecule has 8 rings (SSSR count). The first-order chi connectivity index (χ1) is 23.7. The van der Waals surface area contributed by atoms with E-state index < -0.39 is 23.5 Å². The molecule has 0 amide bonds. The first-order valence-electron chi connectivity index (χ1n) is 16.2. The molecule has 0 N–H and O–H groups in total. The molecule has 0 aliphatic rings. The fourth-order valence-electron chi connectivity index (χ4n) is 7.27. The smallest absolute Gasteiger partial charge is 0.307 e. The van der Waals surface area contributed by atoms with E-state index in [1.54, 1.807) is 0 Å². The predicted molar refractivity (Wildman–Crippen MR) is 190 cm³/mol. The summed E-state index contributed by atoms with van der Waals surface area (Å²) in [5, 5.41) is 3.57. The van der Waals surface area contributed by atoms with Crippen molar-refractivity contribution in [3.63, 3.8) is 0 Å². The highest BCUT2D eigenvalue weighted by Crippen LogP contribution is 2.46. The van der Waals surface area contributed by atoms with Crippen molar-refractivity contribution in [1.29, 1.82) is 0 Å². The Morgan fingerprint density at radius 2 is 0.820 bits per heavy atom. The van der Waals surface area contributed by atoms with E-state index in [2.05, 4.69) is 0 Å². The standard InChI is InChI=1S/C42H30F6N2/c1-23-8-12-29-30-13-9-24(2)17-36(30)49(35(29)16-23)39-21-33(27-6-5-7-28(20-27)41(43,44)45)34(42(46,47)48)22-40(39)50-37-18-25(3)10-14-31(37)32-15-11-26(4)19-38(32)50/h5-22H,1-4H3. The molecule has 2 nitrogen and oxygen atoms in total. The highest BCUT2D eigenvalue weighted by Gasteiger charge is 2.37. The second-order valence-electron chi connectivity index (χ2n) is 13.2. The third kappa shape index (κ3) is 5.04. The Morgan fingerprint density at radius 1 is 0.420 bits per heavy atom. The maximum absolute atomic E-state index is 15.3. The summed E-state index contributed by atoms with van der Waals surface area (Å²) in [6, 6.07) is 30.5. The van der Waals surface area contributed by atoms with Crippen LogP contribution < -0.4 is 0 Å². The molecule has 250 valence electrons. The van der Waals surface area contributed by atoms with Gasteiger partial charge in [-0.25, -0.2) is 0 Å². The van der Waals surface area contributed by atoms with Gasteiger partial charge < -0.3 is 9.13 Å². The number of rotatable bonds is 3. The summed E-state index contributed by atoms with van der Waals surface area (Å²) >= 11 is 0. The zero-order valence-electron chi connectivity index (χ0n) is 27.6. The Kier molecular flexibility index (Phi) is 6.99. The number of aromatic nitrogens is 2. The molecular formula is C42H30F6N2. The maximum atomic E-state index is 15.3. The first-order valence-corrected chi connectivity index (χ1v) is 16.2. The number of fused-ring (bicyclic) bond motifs is 6. The first kappa shape index (κ1) is 31.7. The summed E-state index contributed by atoms with van der Waals surface area (Å²) in [5.74, 6) is 0. The number of benzene rings is 6. The molecule has 0 atom stereocenters. The van der Waals surface area contributed by atoms with Crippen molar-refractivity contribution in [3.8, 4) is 22.5 Å². The van der Waals surface area contributed by atoms with Crippen LogP contribution in [0.25, 0.3) is 66.1 Å². The molecule has 0 fully saturated rings. The minimum atomic E-state index is -4.89. The normalized spacial score (nSPS) is 12.6. The Hall–Kier alpha value is -5.50. The van der Waals surface area contributed by atoms with Gasteiger partial charge in [-0.2, -0.15) is 26.3 Å². The second-order valence-corrected chi connectivity index (χ2v) is 13.2. The van der Waals surface area contributed by atoms with Crippen LogP contribution in [0, 0.1) is 27.7 Å². The summed E-state index contributed by atoms with van der Waals surface area (Å²) in [6.45, 7) is 7.77. The minimum Gasteiger partial charge on any atom is -0.307 e. The van der Waals surface area contributed by atoms with Gasteiger partial charge in [-0.1, -0.05) is 60.7 Å². The van der Waals surface area contributed by atoms with Gasteiger partial charge in [0.15, 0.2) is 0 Å². The summed E-state index contributed by atoms with van der Waals surface area (Å²) < 4.78 is 91.5. The van der Waals surface area contributed by atoms with Crippen molar-refractivity contribution in [3.05, 3.63) is 143 Å². The van der Waals surface area contributed by atoms with Crippen LogP contribution >= 0.6 is 0 Å². The molecule has 2 heterocycles. The third-order valence-corrected chi connectivity index (χ3v) is 9.56. The monoisotopic (exact) mass is 676 g/mol. The van der Waals surface area contributed by atoms with Crippen molar-refractivity contribution in [2.75, 3.05) is 0 Å². The molecule has 0 saturated carbocycles. The van der Waals surface area contributed by atoms with Gasteiger partial charge in [0.2, 0.25) is 0 Å². The summed E-state index contributed by atoms with van der Waals surface area (Å²) in [6.07, 6.45) is -9.63. The highest BCUT2D eigenvalue weighted by molar-refractivity contribution is 6.12. The van der Waals surface area contributed by atoms with Crippen LogP contribution in [-0.2, 0) is 12.4 Å². The van der Waals surface area contributed by atoms with Crippen LogP contribution in [0.3, 0.4) is 0 Å². The molecule has 0 bridgehead atoms. The van der Waals surface area contributed by atoms with Crippen molar-refractivity contribution >= 4 is 43.6 Å². The maximum Gasteiger partial charge on any atom is 0.417 e. The van der Waals surface area contributed by atoms with E-state index in [1.807, 2.05) is 110 Å². The van der Waals surface area contributed by atoms with Crippen LogP contribution in [0.5, 0.6) is 0 Å². The average Bonchev–Trinajstić information content (AvgIpc) is 3.53. The largest absolute Gasteiger partial charge is 0.417 e. The van der Waals surface area contributed by atoms with Gasteiger partial charge in [0.25, 0.3) is 0 Å². The quantitative estimate of drug-likeness (QED) is 0.165. The molecule has 8 aromatic rings. The molecular weight excluding hydrogens is 646 g/mol. The van der Waals surface area contributed by atoms with E-state index in [9.17, 15) is 13.2 Å². The number of nitrogens with zero attached hydrogens (tertiary/aromatic N) is 2. The minimum absolute atomic E-state index is 0.179. The Balaban J connectivity index is 1.61. The molecule has 50 heavy (non-hydrogen) atoms. The number of aryl methyl sites for hydroxylation is 4. The Labute approximate surface area is 283 Å². The number of alkyl halides is 6. The van der Waals surface area contributed by atoms with E-state index in [-0.39, 0.29) is 16.8 Å². The molecule has 8 heteroatoms. The molecule has 0 radical (unpaired) electrons. The predicted octanol–water partition coefficient (Wildman–Crippen LogP) is 12.8. The van der Waals surface area contributed by atoms with Crippen LogP contribution in [0.15, 0.2) is 109 Å². The van der Waals surface area contributed by atoms with Crippen molar-refractivity contribution in [2.24, 2.45) is 0 Å². The van der Waals surface area contributed by atoms with Crippen molar-refractivity contribution in [2.45, 2.75) is 40.0 Å². The van der Waals surface area contributed by atoms with Crippen LogP contribution in [0.2, 0.25) is 0 Å². The van der Waals surface area contributed by atoms with Gasteiger partial charge in [0.05, 0.1) is 44.6 Å². The van der Waals surface area contributed by atoms with E-state index in [0.717, 1.165) is 90.1 Å². The molecule has 0 saturated heterocycles. The molecule has 0 unspecified atom stereocenters. The van der Waals surface area contributed by atoms with Crippen LogP contribution in [0.1, 0.15) is 33.4 Å². The van der Waals surface area contributed by atoms with Crippen LogP contribution in [0.4, 0.5) is 26.3 Å². The fourth-order valence-corrected chi connectivity index (χ4v) is 7.27. The van der Waals surface area contributed by atoms with E-state index in [4.69, 9.17) is 0 Å². The van der Waals surface area contributed by atoms with Crippen LogP contribution in [-0.4, -0.2) is 9.13 Å². The molecule has 0 spiro atoms. The third-order valence-electron chi connectivity index (χ3n) is 9.56. The van der Waals surface area contributed by atoms with Crippen molar-refractivity contribution < 1.29 is 26.3 Å². The SMILES string of the molecule is Cc1ccc2c3ccc(C)cc3n(-c3cc(-c4cccc(C(F)(F)F)c4)c(C(F)(F)F)cc3-n3c4cc(C)ccc4c4ccc(C)cc43)c2c1. The summed E-state index contributed by atoms with van der Waals surface area (Å²) in [5.41, 5.74) is 4.84. The Morgan fingerprint density at radius 3 is 1.20 bits per heavy atom. The molecule has 0 aliphatic carbocycles. The lowest BCUT2D eigenvalue weighted by molar-refractivity contribution is -0.137. The van der Waals surface area contributed by atoms with Gasteiger partial charge in [0.1, 0.15) is 0 Å². The lowest BCUT2D eigenvalue weighted by Crippen LogP contribution is -2.12. The lowest BCUT2D eigenvalue weighted by Gasteiger charge is -2.22. The number of halogens is 6. The number of hydrogen-bond acceptors (Lipinski definition) is 0. The molecule has 0 aliphatic heterocycles. The average molecular weight is 677 g/mol. The van der Waals surface area contributed by atoms with Gasteiger partial charge in [-0.15, -0.1) is 0 Å². The fraction of sp³-hybridized carbons (Fsp3) is 0.143. The lowest BCUT2D eigenvalue weighted by atomic mass is 9.95. The van der Waals surface area contributed by atoms with E-state index in [1.165, 1.54) is 12.1 Å². The van der Waals surface area contributed by atoms with E-state index in [0.29, 0.717) is 5.69 Å². The van der Waals surface area contributed by atoms with Gasteiger partial charge >= 0.3 is 12.4 Å². The highest BCUT2D eigenvalue weighted by atomic mass is 19.4. The molecule has 2 aromatic heterocycles. The van der Waals surface area contributed by atoms with Gasteiger partial charge in [0, 0.05) is 21.5 Å². The summed E-state index contributed by atoms with van der Waals surface area (Å²) in [4.78, 5) is 0. The van der Waals surface area contributed by atoms with Gasteiger partial charge in [-0.3, -0.25) is 0 Å². The topological polar surface area (TPSA) is 9.86 Å². The van der Waals surface area contributed by atoms with E-state index >= 15 is 13.2 Å². The van der Waals surface area contributed by atoms with Crippen molar-refractivity contribution in [1.82, 2.24) is 9.13 Å².